The number of carbonyl (C=O) groups is 2. The number of rotatable bonds is 6. The lowest BCUT2D eigenvalue weighted by atomic mass is 10.1. The van der Waals surface area contributed by atoms with Crippen molar-refractivity contribution in [1.29, 1.82) is 0 Å². The monoisotopic (exact) mass is 349 g/mol. The highest BCUT2D eigenvalue weighted by atomic mass is 32.2. The summed E-state index contributed by atoms with van der Waals surface area (Å²) in [5, 5.41) is 14.5. The quantitative estimate of drug-likeness (QED) is 0.615. The first-order valence-electron chi connectivity index (χ1n) is 7.22. The molecule has 0 atom stereocenters. The molecule has 2 aromatic rings. The number of amides is 1. The van der Waals surface area contributed by atoms with Crippen LogP contribution in [0, 0.1) is 0 Å². The maximum Gasteiger partial charge on any atom is 0.234 e. The Hall–Kier alpha value is -2.62. The molecule has 3 rings (SSSR count). The summed E-state index contributed by atoms with van der Waals surface area (Å²) in [5.41, 5.74) is 0.767. The lowest BCUT2D eigenvalue weighted by Gasteiger charge is -2.10. The zero-order valence-corrected chi connectivity index (χ0v) is 13.9. The standard InChI is InChI=1S/C14H15N5O4S/c1-3-19-14(16-17-18-19)24-6-13(21)15-10-5-12-11(22-7-23-12)4-9(10)8(2)20/h4-5H,3,6-7H2,1-2H3,(H,15,21). The number of hydrogen-bond donors (Lipinski definition) is 1. The summed E-state index contributed by atoms with van der Waals surface area (Å²) >= 11 is 1.22. The maximum absolute atomic E-state index is 12.2. The van der Waals surface area contributed by atoms with Crippen LogP contribution in [0.2, 0.25) is 0 Å². The molecule has 1 aliphatic heterocycles. The Labute approximate surface area is 141 Å². The highest BCUT2D eigenvalue weighted by Gasteiger charge is 2.20. The van der Waals surface area contributed by atoms with Crippen molar-refractivity contribution < 1.29 is 19.1 Å². The number of fused-ring (bicyclic) bond motifs is 1. The van der Waals surface area contributed by atoms with Crippen LogP contribution in [0.3, 0.4) is 0 Å². The largest absolute Gasteiger partial charge is 0.454 e. The summed E-state index contributed by atoms with van der Waals surface area (Å²) in [7, 11) is 0. The Balaban J connectivity index is 1.71. The second kappa shape index (κ2) is 6.87. The number of nitrogens with one attached hydrogen (secondary N) is 1. The van der Waals surface area contributed by atoms with E-state index in [1.165, 1.54) is 18.7 Å². The first-order chi connectivity index (χ1) is 11.6. The van der Waals surface area contributed by atoms with Crippen LogP contribution in [-0.2, 0) is 11.3 Å². The summed E-state index contributed by atoms with van der Waals surface area (Å²) in [6, 6.07) is 3.17. The molecule has 0 saturated heterocycles. The van der Waals surface area contributed by atoms with Gasteiger partial charge in [0, 0.05) is 18.2 Å². The van der Waals surface area contributed by atoms with E-state index in [-0.39, 0.29) is 24.2 Å². The van der Waals surface area contributed by atoms with Crippen LogP contribution in [0.4, 0.5) is 5.69 Å². The van der Waals surface area contributed by atoms with Gasteiger partial charge in [-0.3, -0.25) is 9.59 Å². The number of aryl methyl sites for hydroxylation is 1. The van der Waals surface area contributed by atoms with Crippen LogP contribution in [0.25, 0.3) is 0 Å². The van der Waals surface area contributed by atoms with Crippen LogP contribution in [0.15, 0.2) is 17.3 Å². The van der Waals surface area contributed by atoms with Crippen molar-refractivity contribution >= 4 is 29.1 Å². The van der Waals surface area contributed by atoms with Crippen molar-refractivity contribution in [2.75, 3.05) is 17.9 Å². The zero-order valence-electron chi connectivity index (χ0n) is 13.1. The van der Waals surface area contributed by atoms with Gasteiger partial charge in [0.15, 0.2) is 17.3 Å². The number of Topliss-reactive ketones (excluding diaryl/α,β-unsaturated/α-hetero) is 1. The van der Waals surface area contributed by atoms with Crippen molar-refractivity contribution in [3.8, 4) is 11.5 Å². The Morgan fingerprint density at radius 3 is 2.79 bits per heavy atom. The Bertz CT molecular complexity index is 791. The normalized spacial score (nSPS) is 12.2. The van der Waals surface area contributed by atoms with Gasteiger partial charge in [-0.05, 0) is 30.3 Å². The molecule has 0 bridgehead atoms. The van der Waals surface area contributed by atoms with E-state index in [4.69, 9.17) is 9.47 Å². The number of hydrogen-bond acceptors (Lipinski definition) is 8. The van der Waals surface area contributed by atoms with Gasteiger partial charge in [-0.2, -0.15) is 0 Å². The molecule has 1 N–H and O–H groups in total. The minimum absolute atomic E-state index is 0.0968. The number of nitrogens with zero attached hydrogens (tertiary/aromatic N) is 4. The fourth-order valence-electron chi connectivity index (χ4n) is 2.15. The summed E-state index contributed by atoms with van der Waals surface area (Å²) in [5.74, 6) is 0.664. The lowest BCUT2D eigenvalue weighted by molar-refractivity contribution is -0.113. The SMILES string of the molecule is CCn1nnnc1SCC(=O)Nc1cc2c(cc1C(C)=O)OCO2. The molecule has 24 heavy (non-hydrogen) atoms. The third kappa shape index (κ3) is 3.32. The predicted molar refractivity (Wildman–Crippen MR) is 85.4 cm³/mol. The van der Waals surface area contributed by atoms with Gasteiger partial charge in [0.25, 0.3) is 0 Å². The van der Waals surface area contributed by atoms with Crippen molar-refractivity contribution in [3.05, 3.63) is 17.7 Å². The molecule has 10 heteroatoms. The molecule has 0 spiro atoms. The van der Waals surface area contributed by atoms with E-state index in [1.807, 2.05) is 6.92 Å². The van der Waals surface area contributed by atoms with E-state index >= 15 is 0 Å². The predicted octanol–water partition coefficient (Wildman–Crippen LogP) is 1.36. The van der Waals surface area contributed by atoms with E-state index in [1.54, 1.807) is 16.8 Å². The maximum atomic E-state index is 12.2. The molecule has 0 aliphatic carbocycles. The highest BCUT2D eigenvalue weighted by Crippen LogP contribution is 2.37. The number of thioether (sulfide) groups is 1. The van der Waals surface area contributed by atoms with E-state index in [0.717, 1.165) is 0 Å². The third-order valence-corrected chi connectivity index (χ3v) is 4.25. The van der Waals surface area contributed by atoms with Gasteiger partial charge in [-0.15, -0.1) is 5.10 Å². The Kier molecular flexibility index (Phi) is 4.65. The molecule has 9 nitrogen and oxygen atoms in total. The van der Waals surface area contributed by atoms with E-state index in [0.29, 0.717) is 34.5 Å². The van der Waals surface area contributed by atoms with Crippen LogP contribution >= 0.6 is 11.8 Å². The van der Waals surface area contributed by atoms with Gasteiger partial charge in [-0.1, -0.05) is 11.8 Å². The molecule has 0 fully saturated rings. The topological polar surface area (TPSA) is 108 Å². The summed E-state index contributed by atoms with van der Waals surface area (Å²) in [4.78, 5) is 24.0. The minimum Gasteiger partial charge on any atom is -0.454 e. The molecule has 0 saturated carbocycles. The van der Waals surface area contributed by atoms with E-state index in [9.17, 15) is 9.59 Å². The van der Waals surface area contributed by atoms with Gasteiger partial charge in [0.05, 0.1) is 11.4 Å². The van der Waals surface area contributed by atoms with Crippen molar-refractivity contribution in [3.63, 3.8) is 0 Å². The first-order valence-corrected chi connectivity index (χ1v) is 8.20. The first kappa shape index (κ1) is 16.2. The molecule has 1 aromatic heterocycles. The molecule has 2 heterocycles. The molecule has 1 aromatic carbocycles. The van der Waals surface area contributed by atoms with Gasteiger partial charge >= 0.3 is 0 Å². The number of anilines is 1. The number of tetrazole rings is 1. The molecule has 1 amide bonds. The van der Waals surface area contributed by atoms with Crippen LogP contribution in [-0.4, -0.2) is 44.4 Å². The Morgan fingerprint density at radius 1 is 1.33 bits per heavy atom. The van der Waals surface area contributed by atoms with Gasteiger partial charge in [-0.25, -0.2) is 4.68 Å². The number of ketones is 1. The number of benzene rings is 1. The third-order valence-electron chi connectivity index (χ3n) is 3.30. The van der Waals surface area contributed by atoms with Crippen molar-refractivity contribution in [1.82, 2.24) is 20.2 Å². The average molecular weight is 349 g/mol. The average Bonchev–Trinajstić information content (AvgIpc) is 3.20. The second-order valence-electron chi connectivity index (χ2n) is 4.92. The Morgan fingerprint density at radius 2 is 2.08 bits per heavy atom. The molecular weight excluding hydrogens is 334 g/mol. The molecule has 126 valence electrons. The van der Waals surface area contributed by atoms with Crippen LogP contribution in [0.5, 0.6) is 11.5 Å². The second-order valence-corrected chi connectivity index (χ2v) is 5.86. The molecule has 1 aliphatic rings. The van der Waals surface area contributed by atoms with Gasteiger partial charge in [0.2, 0.25) is 17.9 Å². The molecule has 0 radical (unpaired) electrons. The summed E-state index contributed by atoms with van der Waals surface area (Å²) < 4.78 is 12.1. The molecular formula is C14H15N5O4S. The minimum atomic E-state index is -0.271. The molecule has 0 unspecified atom stereocenters. The smallest absolute Gasteiger partial charge is 0.234 e. The fraction of sp³-hybridized carbons (Fsp3) is 0.357. The van der Waals surface area contributed by atoms with Gasteiger partial charge < -0.3 is 14.8 Å². The fourth-order valence-corrected chi connectivity index (χ4v) is 2.89. The van der Waals surface area contributed by atoms with Crippen LogP contribution < -0.4 is 14.8 Å². The van der Waals surface area contributed by atoms with Crippen LogP contribution in [0.1, 0.15) is 24.2 Å². The summed E-state index contributed by atoms with van der Waals surface area (Å²) in [6.45, 7) is 4.05. The van der Waals surface area contributed by atoms with Gasteiger partial charge in [0.1, 0.15) is 0 Å². The summed E-state index contributed by atoms with van der Waals surface area (Å²) in [6.07, 6.45) is 0. The van der Waals surface area contributed by atoms with E-state index < -0.39 is 0 Å². The van der Waals surface area contributed by atoms with Crippen molar-refractivity contribution in [2.24, 2.45) is 0 Å². The zero-order chi connectivity index (χ0) is 17.1. The van der Waals surface area contributed by atoms with E-state index in [2.05, 4.69) is 20.8 Å². The number of aromatic nitrogens is 4. The highest BCUT2D eigenvalue weighted by molar-refractivity contribution is 7.99. The number of ether oxygens (including phenoxy) is 2. The van der Waals surface area contributed by atoms with Crippen molar-refractivity contribution in [2.45, 2.75) is 25.5 Å². The lowest BCUT2D eigenvalue weighted by Crippen LogP contribution is -2.16. The number of carbonyl (C=O) groups excluding carboxylic acids is 2.